The lowest BCUT2D eigenvalue weighted by atomic mass is 9.80. The highest BCUT2D eigenvalue weighted by atomic mass is 32.2. The maximum absolute atomic E-state index is 12.2. The molecule has 0 amide bonds. The first kappa shape index (κ1) is 14.5. The lowest BCUT2D eigenvalue weighted by molar-refractivity contribution is -0.0338. The zero-order valence-corrected chi connectivity index (χ0v) is 11.2. The fraction of sp³-hybridized carbons (Fsp3) is 1.00. The van der Waals surface area contributed by atoms with Gasteiger partial charge in [-0.3, -0.25) is 0 Å². The summed E-state index contributed by atoms with van der Waals surface area (Å²) in [6.45, 7) is 2.15. The van der Waals surface area contributed by atoms with E-state index in [2.05, 4.69) is 5.32 Å². The molecule has 6 heteroatoms. The van der Waals surface area contributed by atoms with Crippen molar-refractivity contribution in [3.8, 4) is 0 Å². The molecule has 1 N–H and O–H groups in total. The molecule has 2 aliphatic rings. The second-order valence-electron chi connectivity index (χ2n) is 5.36. The summed E-state index contributed by atoms with van der Waals surface area (Å²) in [6, 6.07) is 0.596. The maximum atomic E-state index is 12.2. The molecule has 1 unspecified atom stereocenters. The normalized spacial score (nSPS) is 29.5. The van der Waals surface area contributed by atoms with Crippen LogP contribution in [-0.2, 0) is 4.74 Å². The number of thioether (sulfide) groups is 1. The van der Waals surface area contributed by atoms with Crippen molar-refractivity contribution in [2.45, 2.75) is 43.7 Å². The summed E-state index contributed by atoms with van der Waals surface area (Å²) >= 11 is 0.0923. The third-order valence-electron chi connectivity index (χ3n) is 3.65. The van der Waals surface area contributed by atoms with Crippen LogP contribution >= 0.6 is 11.8 Å². The fourth-order valence-corrected chi connectivity index (χ4v) is 3.13. The molecule has 1 atom stereocenters. The number of hydrogen-bond donors (Lipinski definition) is 1. The van der Waals surface area contributed by atoms with Crippen LogP contribution in [0, 0.1) is 5.41 Å². The van der Waals surface area contributed by atoms with E-state index in [1.807, 2.05) is 0 Å². The van der Waals surface area contributed by atoms with Crippen molar-refractivity contribution in [2.24, 2.45) is 5.41 Å². The predicted molar refractivity (Wildman–Crippen MR) is 66.6 cm³/mol. The van der Waals surface area contributed by atoms with Crippen LogP contribution in [0.3, 0.4) is 0 Å². The highest BCUT2D eigenvalue weighted by molar-refractivity contribution is 8.00. The van der Waals surface area contributed by atoms with Crippen LogP contribution in [0.4, 0.5) is 13.2 Å². The molecule has 1 heterocycles. The molecule has 2 rings (SSSR count). The van der Waals surface area contributed by atoms with Crippen molar-refractivity contribution >= 4 is 11.8 Å². The molecule has 0 radical (unpaired) electrons. The molecular weight excluding hydrogens is 263 g/mol. The molecule has 0 spiro atoms. The molecule has 2 nitrogen and oxygen atoms in total. The number of nitrogens with one attached hydrogen (secondary N) is 1. The van der Waals surface area contributed by atoms with Gasteiger partial charge in [0.2, 0.25) is 0 Å². The smallest absolute Gasteiger partial charge is 0.381 e. The van der Waals surface area contributed by atoms with Gasteiger partial charge in [0.1, 0.15) is 0 Å². The maximum Gasteiger partial charge on any atom is 0.441 e. The van der Waals surface area contributed by atoms with E-state index < -0.39 is 5.51 Å². The number of ether oxygens (including phenoxy) is 1. The second kappa shape index (κ2) is 6.01. The molecule has 0 aromatic heterocycles. The van der Waals surface area contributed by atoms with Gasteiger partial charge in [-0.15, -0.1) is 0 Å². The van der Waals surface area contributed by atoms with Crippen LogP contribution < -0.4 is 5.32 Å². The van der Waals surface area contributed by atoms with Crippen molar-refractivity contribution in [3.63, 3.8) is 0 Å². The molecule has 106 valence electrons. The SMILES string of the molecule is FC(F)(F)SCCC1(CNC2CC2)CCCOC1. The van der Waals surface area contributed by atoms with Gasteiger partial charge in [-0.2, -0.15) is 13.2 Å². The summed E-state index contributed by atoms with van der Waals surface area (Å²) < 4.78 is 42.0. The van der Waals surface area contributed by atoms with Gasteiger partial charge in [-0.05, 0) is 32.1 Å². The largest absolute Gasteiger partial charge is 0.441 e. The number of hydrogen-bond acceptors (Lipinski definition) is 3. The molecule has 1 saturated heterocycles. The van der Waals surface area contributed by atoms with Crippen LogP contribution in [0.1, 0.15) is 32.1 Å². The Labute approximate surface area is 110 Å². The summed E-state index contributed by atoms with van der Waals surface area (Å²) in [5.41, 5.74) is -4.19. The topological polar surface area (TPSA) is 21.3 Å². The molecule has 1 aliphatic heterocycles. The molecule has 18 heavy (non-hydrogen) atoms. The fourth-order valence-electron chi connectivity index (χ4n) is 2.37. The average molecular weight is 283 g/mol. The van der Waals surface area contributed by atoms with E-state index >= 15 is 0 Å². The lowest BCUT2D eigenvalue weighted by Crippen LogP contribution is -2.42. The van der Waals surface area contributed by atoms with Gasteiger partial charge < -0.3 is 10.1 Å². The van der Waals surface area contributed by atoms with Gasteiger partial charge in [0.15, 0.2) is 0 Å². The minimum absolute atomic E-state index is 0.0842. The van der Waals surface area contributed by atoms with Crippen molar-refractivity contribution in [1.82, 2.24) is 5.32 Å². The lowest BCUT2D eigenvalue weighted by Gasteiger charge is -2.37. The Morgan fingerprint density at radius 3 is 2.67 bits per heavy atom. The quantitative estimate of drug-likeness (QED) is 0.809. The highest BCUT2D eigenvalue weighted by Gasteiger charge is 2.36. The van der Waals surface area contributed by atoms with Gasteiger partial charge >= 0.3 is 5.51 Å². The molecule has 0 aromatic rings. The Hall–Kier alpha value is 0.0600. The van der Waals surface area contributed by atoms with Gasteiger partial charge in [-0.25, -0.2) is 0 Å². The van der Waals surface area contributed by atoms with Crippen LogP contribution in [-0.4, -0.2) is 37.1 Å². The first-order valence-corrected chi connectivity index (χ1v) is 7.50. The zero-order valence-electron chi connectivity index (χ0n) is 10.4. The van der Waals surface area contributed by atoms with Gasteiger partial charge in [-0.1, -0.05) is 11.8 Å². The molecular formula is C12H20F3NOS. The third kappa shape index (κ3) is 4.97. The van der Waals surface area contributed by atoms with Crippen LogP contribution in [0.25, 0.3) is 0 Å². The summed E-state index contributed by atoms with van der Waals surface area (Å²) in [4.78, 5) is 0. The first-order valence-electron chi connectivity index (χ1n) is 6.51. The Morgan fingerprint density at radius 2 is 2.11 bits per heavy atom. The van der Waals surface area contributed by atoms with E-state index in [9.17, 15) is 13.2 Å². The van der Waals surface area contributed by atoms with E-state index in [0.29, 0.717) is 19.1 Å². The average Bonchev–Trinajstić information content (AvgIpc) is 3.10. The van der Waals surface area contributed by atoms with Gasteiger partial charge in [0, 0.05) is 30.4 Å². The van der Waals surface area contributed by atoms with E-state index in [1.54, 1.807) is 0 Å². The Balaban J connectivity index is 1.78. The van der Waals surface area contributed by atoms with Gasteiger partial charge in [0.05, 0.1) is 6.61 Å². The summed E-state index contributed by atoms with van der Waals surface area (Å²) in [6.07, 6.45) is 4.92. The summed E-state index contributed by atoms with van der Waals surface area (Å²) in [7, 11) is 0. The van der Waals surface area contributed by atoms with Crippen LogP contribution in [0.2, 0.25) is 0 Å². The first-order chi connectivity index (χ1) is 8.49. The Kier molecular flexibility index (Phi) is 4.83. The monoisotopic (exact) mass is 283 g/mol. The molecule has 1 saturated carbocycles. The number of rotatable bonds is 6. The van der Waals surface area contributed by atoms with Crippen molar-refractivity contribution in [2.75, 3.05) is 25.5 Å². The highest BCUT2D eigenvalue weighted by Crippen LogP contribution is 2.37. The van der Waals surface area contributed by atoms with E-state index in [4.69, 9.17) is 4.74 Å². The molecule has 0 bridgehead atoms. The predicted octanol–water partition coefficient (Wildman–Crippen LogP) is 3.18. The Bertz CT molecular complexity index is 263. The van der Waals surface area contributed by atoms with E-state index in [0.717, 1.165) is 26.0 Å². The summed E-state index contributed by atoms with van der Waals surface area (Å²) in [5, 5.41) is 3.44. The van der Waals surface area contributed by atoms with Crippen molar-refractivity contribution in [1.29, 1.82) is 0 Å². The molecule has 0 aromatic carbocycles. The number of alkyl halides is 3. The van der Waals surface area contributed by atoms with Gasteiger partial charge in [0.25, 0.3) is 0 Å². The van der Waals surface area contributed by atoms with Crippen molar-refractivity contribution < 1.29 is 17.9 Å². The standard InChI is InChI=1S/C12H20F3NOS/c13-12(14,15)18-7-5-11(4-1-6-17-9-11)8-16-10-2-3-10/h10,16H,1-9H2. The van der Waals surface area contributed by atoms with Crippen LogP contribution in [0.15, 0.2) is 0 Å². The molecule has 2 fully saturated rings. The van der Waals surface area contributed by atoms with Crippen LogP contribution in [0.5, 0.6) is 0 Å². The molecule has 1 aliphatic carbocycles. The number of halogens is 3. The minimum atomic E-state index is -4.11. The van der Waals surface area contributed by atoms with Crippen molar-refractivity contribution in [3.05, 3.63) is 0 Å². The third-order valence-corrected chi connectivity index (χ3v) is 4.38. The summed E-state index contributed by atoms with van der Waals surface area (Å²) in [5.74, 6) is 0.138. The minimum Gasteiger partial charge on any atom is -0.381 e. The zero-order chi connectivity index (χ0) is 13.1. The second-order valence-corrected chi connectivity index (χ2v) is 6.52. The van der Waals surface area contributed by atoms with E-state index in [1.165, 1.54) is 12.8 Å². The van der Waals surface area contributed by atoms with E-state index in [-0.39, 0.29) is 22.9 Å². The Morgan fingerprint density at radius 1 is 1.33 bits per heavy atom.